The molecule has 2 rings (SSSR count). The summed E-state index contributed by atoms with van der Waals surface area (Å²) in [5.41, 5.74) is 0.444. The molecule has 0 spiro atoms. The van der Waals surface area contributed by atoms with E-state index in [1.165, 1.54) is 13.2 Å². The minimum Gasteiger partial charge on any atom is -0.493 e. The maximum atomic E-state index is 11.9. The summed E-state index contributed by atoms with van der Waals surface area (Å²) >= 11 is 7.37. The molecule has 0 radical (unpaired) electrons. The summed E-state index contributed by atoms with van der Waals surface area (Å²) in [4.78, 5) is 12.9. The van der Waals surface area contributed by atoms with Crippen molar-refractivity contribution in [3.05, 3.63) is 53.1 Å². The molecule has 2 aromatic rings. The fourth-order valence-corrected chi connectivity index (χ4v) is 2.74. The molecule has 4 nitrogen and oxygen atoms in total. The Morgan fingerprint density at radius 2 is 1.96 bits per heavy atom. The number of esters is 1. The van der Waals surface area contributed by atoms with E-state index in [2.05, 4.69) is 0 Å². The van der Waals surface area contributed by atoms with E-state index in [1.54, 1.807) is 23.9 Å². The van der Waals surface area contributed by atoms with Crippen LogP contribution in [0.3, 0.4) is 0 Å². The lowest BCUT2D eigenvalue weighted by atomic mass is 10.2. The SMILES string of the molecule is COc1cc(C#N)ccc1OC(=O)CCSc1ccc(Cl)cc1. The number of hydrogen-bond donors (Lipinski definition) is 0. The van der Waals surface area contributed by atoms with E-state index in [0.717, 1.165) is 4.90 Å². The van der Waals surface area contributed by atoms with Gasteiger partial charge in [-0.1, -0.05) is 11.6 Å². The van der Waals surface area contributed by atoms with E-state index in [-0.39, 0.29) is 12.4 Å². The van der Waals surface area contributed by atoms with Crippen LogP contribution < -0.4 is 9.47 Å². The minimum atomic E-state index is -0.352. The number of halogens is 1. The van der Waals surface area contributed by atoms with Crippen molar-refractivity contribution in [2.75, 3.05) is 12.9 Å². The van der Waals surface area contributed by atoms with Crippen LogP contribution in [0.1, 0.15) is 12.0 Å². The molecular weight excluding hydrogens is 334 g/mol. The number of carbonyl (C=O) groups excluding carboxylic acids is 1. The van der Waals surface area contributed by atoms with E-state index >= 15 is 0 Å². The molecule has 118 valence electrons. The molecule has 0 aliphatic heterocycles. The lowest BCUT2D eigenvalue weighted by Crippen LogP contribution is -2.09. The Morgan fingerprint density at radius 1 is 1.22 bits per heavy atom. The van der Waals surface area contributed by atoms with E-state index < -0.39 is 0 Å². The fraction of sp³-hybridized carbons (Fsp3) is 0.176. The average Bonchev–Trinajstić information content (AvgIpc) is 2.57. The summed E-state index contributed by atoms with van der Waals surface area (Å²) in [6, 6.07) is 14.1. The van der Waals surface area contributed by atoms with Gasteiger partial charge in [-0.25, -0.2) is 0 Å². The molecule has 0 unspecified atom stereocenters. The van der Waals surface area contributed by atoms with Crippen LogP contribution in [0.2, 0.25) is 5.02 Å². The third-order valence-corrected chi connectivity index (χ3v) is 4.17. The van der Waals surface area contributed by atoms with Crippen molar-refractivity contribution in [2.45, 2.75) is 11.3 Å². The van der Waals surface area contributed by atoms with Gasteiger partial charge in [-0.05, 0) is 36.4 Å². The zero-order chi connectivity index (χ0) is 16.7. The Labute approximate surface area is 144 Å². The van der Waals surface area contributed by atoms with Gasteiger partial charge in [0.15, 0.2) is 11.5 Å². The Bertz CT molecular complexity index is 726. The van der Waals surface area contributed by atoms with Gasteiger partial charge in [-0.15, -0.1) is 11.8 Å². The zero-order valence-corrected chi connectivity index (χ0v) is 14.0. The standard InChI is InChI=1S/C17H14ClNO3S/c1-21-16-10-12(11-19)2-7-15(16)22-17(20)8-9-23-14-5-3-13(18)4-6-14/h2-7,10H,8-9H2,1H3. The quantitative estimate of drug-likeness (QED) is 0.442. The molecule has 2 aromatic carbocycles. The van der Waals surface area contributed by atoms with Gasteiger partial charge in [0, 0.05) is 21.7 Å². The average molecular weight is 348 g/mol. The van der Waals surface area contributed by atoms with Crippen molar-refractivity contribution >= 4 is 29.3 Å². The molecule has 0 saturated heterocycles. The van der Waals surface area contributed by atoms with Gasteiger partial charge in [0.05, 0.1) is 25.2 Å². The summed E-state index contributed by atoms with van der Waals surface area (Å²) in [5.74, 6) is 0.921. The second-order valence-electron chi connectivity index (χ2n) is 4.50. The van der Waals surface area contributed by atoms with Crippen LogP contribution in [-0.4, -0.2) is 18.8 Å². The van der Waals surface area contributed by atoms with Crippen molar-refractivity contribution in [3.63, 3.8) is 0 Å². The molecule has 0 N–H and O–H groups in total. The van der Waals surface area contributed by atoms with E-state index in [4.69, 9.17) is 26.3 Å². The normalized spacial score (nSPS) is 9.96. The molecular formula is C17H14ClNO3S. The minimum absolute atomic E-state index is 0.260. The monoisotopic (exact) mass is 347 g/mol. The highest BCUT2D eigenvalue weighted by molar-refractivity contribution is 7.99. The molecule has 0 amide bonds. The van der Waals surface area contributed by atoms with Gasteiger partial charge in [0.1, 0.15) is 0 Å². The Morgan fingerprint density at radius 3 is 2.61 bits per heavy atom. The molecule has 0 heterocycles. The van der Waals surface area contributed by atoms with Crippen LogP contribution in [0.5, 0.6) is 11.5 Å². The molecule has 23 heavy (non-hydrogen) atoms. The van der Waals surface area contributed by atoms with Crippen LogP contribution >= 0.6 is 23.4 Å². The topological polar surface area (TPSA) is 59.3 Å². The van der Waals surface area contributed by atoms with Gasteiger partial charge < -0.3 is 9.47 Å². The highest BCUT2D eigenvalue weighted by Gasteiger charge is 2.11. The van der Waals surface area contributed by atoms with Gasteiger partial charge in [-0.3, -0.25) is 4.79 Å². The van der Waals surface area contributed by atoms with Crippen molar-refractivity contribution in [2.24, 2.45) is 0 Å². The van der Waals surface area contributed by atoms with Crippen LogP contribution in [0, 0.1) is 11.3 Å². The van der Waals surface area contributed by atoms with Crippen molar-refractivity contribution in [1.82, 2.24) is 0 Å². The first kappa shape index (κ1) is 17.2. The molecule has 0 saturated carbocycles. The number of nitrogens with zero attached hydrogens (tertiary/aromatic N) is 1. The van der Waals surface area contributed by atoms with Gasteiger partial charge >= 0.3 is 5.97 Å². The number of ether oxygens (including phenoxy) is 2. The summed E-state index contributed by atoms with van der Waals surface area (Å²) < 4.78 is 10.4. The van der Waals surface area contributed by atoms with Crippen LogP contribution in [-0.2, 0) is 4.79 Å². The molecule has 0 fully saturated rings. The van der Waals surface area contributed by atoms with Crippen LogP contribution in [0.4, 0.5) is 0 Å². The van der Waals surface area contributed by atoms with E-state index in [1.807, 2.05) is 30.3 Å². The second-order valence-corrected chi connectivity index (χ2v) is 6.11. The molecule has 0 aliphatic rings. The maximum absolute atomic E-state index is 11.9. The Kier molecular flexibility index (Phi) is 6.33. The Balaban J connectivity index is 1.87. The van der Waals surface area contributed by atoms with Crippen molar-refractivity contribution < 1.29 is 14.3 Å². The summed E-state index contributed by atoms with van der Waals surface area (Å²) in [5, 5.41) is 9.53. The maximum Gasteiger partial charge on any atom is 0.312 e. The van der Waals surface area contributed by atoms with Crippen LogP contribution in [0.25, 0.3) is 0 Å². The molecule has 6 heteroatoms. The number of carbonyl (C=O) groups is 1. The number of hydrogen-bond acceptors (Lipinski definition) is 5. The predicted molar refractivity (Wildman–Crippen MR) is 90.1 cm³/mol. The van der Waals surface area contributed by atoms with E-state index in [9.17, 15) is 4.79 Å². The lowest BCUT2D eigenvalue weighted by Gasteiger charge is -2.09. The number of thioether (sulfide) groups is 1. The van der Waals surface area contributed by atoms with Gasteiger partial charge in [0.2, 0.25) is 0 Å². The first-order valence-corrected chi connectivity index (χ1v) is 8.16. The second kappa shape index (κ2) is 8.47. The number of methoxy groups -OCH3 is 1. The van der Waals surface area contributed by atoms with Crippen molar-refractivity contribution in [1.29, 1.82) is 5.26 Å². The molecule has 0 atom stereocenters. The summed E-state index contributed by atoms with van der Waals surface area (Å²) in [6.45, 7) is 0. The van der Waals surface area contributed by atoms with Crippen molar-refractivity contribution in [3.8, 4) is 17.6 Å². The molecule has 0 bridgehead atoms. The fourth-order valence-electron chi connectivity index (χ4n) is 1.78. The predicted octanol–water partition coefficient (Wildman–Crippen LogP) is 4.31. The van der Waals surface area contributed by atoms with Crippen LogP contribution in [0.15, 0.2) is 47.4 Å². The number of benzene rings is 2. The Hall–Kier alpha value is -2.16. The first-order valence-electron chi connectivity index (χ1n) is 6.79. The highest BCUT2D eigenvalue weighted by Crippen LogP contribution is 2.28. The van der Waals surface area contributed by atoms with E-state index in [0.29, 0.717) is 27.8 Å². The largest absolute Gasteiger partial charge is 0.493 e. The van der Waals surface area contributed by atoms with Gasteiger partial charge in [-0.2, -0.15) is 5.26 Å². The number of nitriles is 1. The third kappa shape index (κ3) is 5.20. The molecule has 0 aliphatic carbocycles. The summed E-state index contributed by atoms with van der Waals surface area (Å²) in [6.07, 6.45) is 0.260. The third-order valence-electron chi connectivity index (χ3n) is 2.91. The van der Waals surface area contributed by atoms with Gasteiger partial charge in [0.25, 0.3) is 0 Å². The first-order chi connectivity index (χ1) is 11.1. The number of rotatable bonds is 6. The zero-order valence-electron chi connectivity index (χ0n) is 12.4. The smallest absolute Gasteiger partial charge is 0.312 e. The lowest BCUT2D eigenvalue weighted by molar-refractivity contribution is -0.134. The highest BCUT2D eigenvalue weighted by atomic mass is 35.5. The molecule has 0 aromatic heterocycles. The summed E-state index contributed by atoms with van der Waals surface area (Å²) in [7, 11) is 1.46.